The summed E-state index contributed by atoms with van der Waals surface area (Å²) in [4.78, 5) is 73.1. The summed E-state index contributed by atoms with van der Waals surface area (Å²) in [5, 5.41) is 10.7. The zero-order valence-electron chi connectivity index (χ0n) is 66.4. The van der Waals surface area contributed by atoms with Gasteiger partial charge in [-0.3, -0.25) is 37.3 Å². The molecule has 0 bridgehead atoms. The largest absolute Gasteiger partial charge is 0.472 e. The molecule has 3 unspecified atom stereocenters. The summed E-state index contributed by atoms with van der Waals surface area (Å²) in [5.74, 6) is -0.594. The van der Waals surface area contributed by atoms with E-state index in [1.54, 1.807) is 0 Å². The summed E-state index contributed by atoms with van der Waals surface area (Å²) < 4.78 is 68.7. The molecule has 0 rings (SSSR count). The fraction of sp³-hybridized carbons (Fsp3) is 0.904. The van der Waals surface area contributed by atoms with Crippen LogP contribution in [0.3, 0.4) is 0 Å². The van der Waals surface area contributed by atoms with Crippen LogP contribution in [-0.4, -0.2) is 96.7 Å². The highest BCUT2D eigenvalue weighted by atomic mass is 31.2. The molecule has 0 saturated heterocycles. The van der Waals surface area contributed by atoms with E-state index >= 15 is 0 Å². The van der Waals surface area contributed by atoms with Crippen molar-refractivity contribution in [3.05, 3.63) is 24.3 Å². The number of esters is 4. The van der Waals surface area contributed by atoms with E-state index in [0.717, 1.165) is 121 Å². The van der Waals surface area contributed by atoms with Crippen molar-refractivity contribution in [2.75, 3.05) is 39.6 Å². The predicted molar refractivity (Wildman–Crippen MR) is 418 cm³/mol. The summed E-state index contributed by atoms with van der Waals surface area (Å²) in [7, 11) is -9.94. The lowest BCUT2D eigenvalue weighted by molar-refractivity contribution is -0.161. The summed E-state index contributed by atoms with van der Waals surface area (Å²) >= 11 is 0. The molecular formula is C83H158O17P2. The first-order valence-corrected chi connectivity index (χ1v) is 45.3. The molecule has 602 valence electrons. The Kier molecular flexibility index (Phi) is 72.2. The number of unbranched alkanes of at least 4 members (excludes halogenated alkanes) is 46. The van der Waals surface area contributed by atoms with Gasteiger partial charge in [-0.15, -0.1) is 0 Å². The van der Waals surface area contributed by atoms with Crippen LogP contribution >= 0.6 is 15.6 Å². The van der Waals surface area contributed by atoms with E-state index in [9.17, 15) is 43.2 Å². The Balaban J connectivity index is 5.27. The van der Waals surface area contributed by atoms with Crippen LogP contribution in [0, 0.1) is 11.8 Å². The normalized spacial score (nSPS) is 14.3. The molecule has 0 fully saturated rings. The van der Waals surface area contributed by atoms with Gasteiger partial charge in [0.1, 0.15) is 19.3 Å². The number of ether oxygens (including phenoxy) is 4. The zero-order chi connectivity index (χ0) is 74.9. The number of phosphoric ester groups is 2. The molecular weight excluding hydrogens is 1330 g/mol. The van der Waals surface area contributed by atoms with Gasteiger partial charge in [-0.1, -0.05) is 361 Å². The van der Waals surface area contributed by atoms with Gasteiger partial charge in [-0.2, -0.15) is 0 Å². The predicted octanol–water partition coefficient (Wildman–Crippen LogP) is 24.6. The Hall–Kier alpha value is -2.46. The molecule has 0 heterocycles. The van der Waals surface area contributed by atoms with Gasteiger partial charge in [0, 0.05) is 25.7 Å². The highest BCUT2D eigenvalue weighted by Crippen LogP contribution is 2.45. The van der Waals surface area contributed by atoms with Crippen molar-refractivity contribution in [3.63, 3.8) is 0 Å². The third-order valence-corrected chi connectivity index (χ3v) is 21.1. The number of rotatable bonds is 80. The lowest BCUT2D eigenvalue weighted by Gasteiger charge is -2.21. The van der Waals surface area contributed by atoms with Crippen LogP contribution in [0.15, 0.2) is 24.3 Å². The quantitative estimate of drug-likeness (QED) is 0.0169. The SMILES string of the molecule is CCCCCC/C=C\C=C/CCCCCCCC(=O)OC[C@H](COP(=O)(O)OC[C@@H](O)COP(=O)(O)OC[C@@H](COC(=O)CCCCCCCCCCCC(C)C)OC(=O)CCCCCCCCCCCCC(C)CC)OC(=O)CCCCCCCCCCCCCCCCCCCCCCC. The van der Waals surface area contributed by atoms with Gasteiger partial charge >= 0.3 is 39.5 Å². The number of hydrogen-bond donors (Lipinski definition) is 3. The molecule has 0 aromatic heterocycles. The van der Waals surface area contributed by atoms with Gasteiger partial charge < -0.3 is 33.8 Å². The topological polar surface area (TPSA) is 237 Å². The molecule has 0 radical (unpaired) electrons. The second-order valence-electron chi connectivity index (χ2n) is 29.9. The second-order valence-corrected chi connectivity index (χ2v) is 32.8. The van der Waals surface area contributed by atoms with Crippen molar-refractivity contribution in [1.82, 2.24) is 0 Å². The third kappa shape index (κ3) is 74.4. The number of carbonyl (C=O) groups is 4. The summed E-state index contributed by atoms with van der Waals surface area (Å²) in [6.07, 6.45) is 67.4. The first kappa shape index (κ1) is 99.5. The number of allylic oxidation sites excluding steroid dienone is 4. The molecule has 0 amide bonds. The van der Waals surface area contributed by atoms with Crippen LogP contribution < -0.4 is 0 Å². The second kappa shape index (κ2) is 74.0. The van der Waals surface area contributed by atoms with E-state index in [2.05, 4.69) is 65.8 Å². The Bertz CT molecular complexity index is 2060. The third-order valence-electron chi connectivity index (χ3n) is 19.2. The van der Waals surface area contributed by atoms with Crippen LogP contribution in [0.2, 0.25) is 0 Å². The molecule has 102 heavy (non-hydrogen) atoms. The van der Waals surface area contributed by atoms with E-state index in [0.29, 0.717) is 25.7 Å². The minimum atomic E-state index is -4.97. The summed E-state index contributed by atoms with van der Waals surface area (Å²) in [6, 6.07) is 0. The molecule has 19 heteroatoms. The number of phosphoric acid groups is 2. The van der Waals surface area contributed by atoms with Crippen LogP contribution in [0.25, 0.3) is 0 Å². The Morgan fingerprint density at radius 2 is 0.578 bits per heavy atom. The average molecular weight is 1490 g/mol. The van der Waals surface area contributed by atoms with E-state index in [4.69, 9.17) is 37.0 Å². The minimum absolute atomic E-state index is 0.102. The highest BCUT2D eigenvalue weighted by Gasteiger charge is 2.30. The standard InChI is InChI=1S/C83H158O17P2/c1-7-10-12-14-16-18-20-22-24-25-26-27-28-29-31-33-35-42-49-55-61-67-82(87)99-78(71-93-80(85)65-59-53-47-41-34-32-30-23-21-19-17-15-13-11-8-2)73-97-101(89,90)95-69-77(84)70-96-102(91,92)98-74-79(72-94-81(86)66-60-54-48-44-38-39-45-51-57-63-75(4)5)100-83(88)68-62-56-50-43-37-36-40-46-52-58-64-76(6)9-3/h19,21,23,30,75-79,84H,7-18,20,22,24-29,31-74H2,1-6H3,(H,89,90)(H,91,92)/b21-19-,30-23-/t76?,77-,78-,79-/m1/s1. The maximum atomic E-state index is 13.1. The van der Waals surface area contributed by atoms with Gasteiger partial charge in [-0.25, -0.2) is 9.13 Å². The monoisotopic (exact) mass is 1490 g/mol. The fourth-order valence-electron chi connectivity index (χ4n) is 12.3. The summed E-state index contributed by atoms with van der Waals surface area (Å²) in [6.45, 7) is 9.58. The molecule has 0 aliphatic rings. The first-order chi connectivity index (χ1) is 49.4. The van der Waals surface area contributed by atoms with Crippen molar-refractivity contribution in [3.8, 4) is 0 Å². The molecule has 17 nitrogen and oxygen atoms in total. The smallest absolute Gasteiger partial charge is 0.462 e. The van der Waals surface area contributed by atoms with Crippen molar-refractivity contribution in [2.45, 2.75) is 432 Å². The average Bonchev–Trinajstić information content (AvgIpc) is 0.948. The number of carbonyl (C=O) groups excluding carboxylic acids is 4. The Labute approximate surface area is 624 Å². The van der Waals surface area contributed by atoms with E-state index < -0.39 is 97.5 Å². The number of aliphatic hydroxyl groups excluding tert-OH is 1. The molecule has 0 saturated carbocycles. The van der Waals surface area contributed by atoms with E-state index in [1.807, 2.05) is 0 Å². The van der Waals surface area contributed by atoms with Crippen molar-refractivity contribution in [1.29, 1.82) is 0 Å². The van der Waals surface area contributed by atoms with E-state index in [-0.39, 0.29) is 25.7 Å². The van der Waals surface area contributed by atoms with Crippen molar-refractivity contribution < 1.29 is 80.2 Å². The van der Waals surface area contributed by atoms with Gasteiger partial charge in [-0.05, 0) is 63.2 Å². The van der Waals surface area contributed by atoms with Gasteiger partial charge in [0.2, 0.25) is 0 Å². The zero-order valence-corrected chi connectivity index (χ0v) is 68.2. The molecule has 3 N–H and O–H groups in total. The Morgan fingerprint density at radius 3 is 0.882 bits per heavy atom. The molecule has 0 aromatic rings. The maximum absolute atomic E-state index is 13.1. The molecule has 6 atom stereocenters. The lowest BCUT2D eigenvalue weighted by Crippen LogP contribution is -2.30. The molecule has 0 aliphatic carbocycles. The van der Waals surface area contributed by atoms with Crippen LogP contribution in [0.5, 0.6) is 0 Å². The Morgan fingerprint density at radius 1 is 0.324 bits per heavy atom. The van der Waals surface area contributed by atoms with Gasteiger partial charge in [0.05, 0.1) is 26.4 Å². The van der Waals surface area contributed by atoms with Crippen LogP contribution in [0.1, 0.15) is 414 Å². The van der Waals surface area contributed by atoms with Gasteiger partial charge in [0.15, 0.2) is 12.2 Å². The fourth-order valence-corrected chi connectivity index (χ4v) is 13.9. The maximum Gasteiger partial charge on any atom is 0.472 e. The molecule has 0 aliphatic heterocycles. The van der Waals surface area contributed by atoms with E-state index in [1.165, 1.54) is 212 Å². The van der Waals surface area contributed by atoms with Crippen LogP contribution in [-0.2, 0) is 65.4 Å². The highest BCUT2D eigenvalue weighted by molar-refractivity contribution is 7.47. The molecule has 0 spiro atoms. The molecule has 0 aromatic carbocycles. The lowest BCUT2D eigenvalue weighted by atomic mass is 9.99. The number of aliphatic hydroxyl groups is 1. The van der Waals surface area contributed by atoms with Crippen molar-refractivity contribution >= 4 is 39.5 Å². The minimum Gasteiger partial charge on any atom is -0.462 e. The van der Waals surface area contributed by atoms with Crippen LogP contribution in [0.4, 0.5) is 0 Å². The first-order valence-electron chi connectivity index (χ1n) is 42.3. The number of hydrogen-bond acceptors (Lipinski definition) is 15. The van der Waals surface area contributed by atoms with Gasteiger partial charge in [0.25, 0.3) is 0 Å². The summed E-state index contributed by atoms with van der Waals surface area (Å²) in [5.41, 5.74) is 0. The van der Waals surface area contributed by atoms with Crippen molar-refractivity contribution in [2.24, 2.45) is 11.8 Å².